The van der Waals surface area contributed by atoms with Crippen LogP contribution in [0.1, 0.15) is 17.0 Å². The minimum Gasteiger partial charge on any atom is -0.395 e. The van der Waals surface area contributed by atoms with Crippen LogP contribution in [-0.2, 0) is 0 Å². The molecule has 186 valence electrons. The molecule has 9 nitrogen and oxygen atoms in total. The fourth-order valence-corrected chi connectivity index (χ4v) is 4.74. The van der Waals surface area contributed by atoms with Crippen molar-refractivity contribution >= 4 is 40.2 Å². The Morgan fingerprint density at radius 2 is 1.75 bits per heavy atom. The van der Waals surface area contributed by atoms with E-state index in [1.807, 2.05) is 45.0 Å². The zero-order chi connectivity index (χ0) is 25.2. The molecule has 2 aromatic carbocycles. The van der Waals surface area contributed by atoms with Crippen LogP contribution in [0.15, 0.2) is 36.4 Å². The van der Waals surface area contributed by atoms with E-state index < -0.39 is 0 Å². The maximum Gasteiger partial charge on any atom is 0.248 e. The Labute approximate surface area is 215 Å². The lowest BCUT2D eigenvalue weighted by molar-refractivity contribution is 0.188. The predicted octanol–water partition coefficient (Wildman–Crippen LogP) is 3.92. The molecule has 5 rings (SSSR count). The SMILES string of the molecule is Cc1ccc(Cl)c(-c2cc(C)c3nc(Nc4cc(N5CCN(CCO)CC5)nc(C)n4)nnc3c2)c1. The van der Waals surface area contributed by atoms with Crippen LogP contribution in [0, 0.1) is 20.8 Å². The van der Waals surface area contributed by atoms with Gasteiger partial charge in [-0.25, -0.2) is 15.0 Å². The summed E-state index contributed by atoms with van der Waals surface area (Å²) in [6, 6.07) is 11.9. The number of benzene rings is 2. The monoisotopic (exact) mass is 504 g/mol. The van der Waals surface area contributed by atoms with Gasteiger partial charge in [0, 0.05) is 49.4 Å². The molecular formula is C26H29ClN8O. The summed E-state index contributed by atoms with van der Waals surface area (Å²) < 4.78 is 0. The van der Waals surface area contributed by atoms with Crippen molar-refractivity contribution in [3.05, 3.63) is 58.4 Å². The number of aryl methyl sites for hydroxylation is 3. The Morgan fingerprint density at radius 1 is 0.944 bits per heavy atom. The van der Waals surface area contributed by atoms with E-state index in [1.54, 1.807) is 0 Å². The molecule has 1 fully saturated rings. The number of anilines is 3. The van der Waals surface area contributed by atoms with Gasteiger partial charge in [0.15, 0.2) is 0 Å². The van der Waals surface area contributed by atoms with Gasteiger partial charge in [-0.15, -0.1) is 10.2 Å². The lowest BCUT2D eigenvalue weighted by Gasteiger charge is -2.35. The smallest absolute Gasteiger partial charge is 0.248 e. The Morgan fingerprint density at radius 3 is 2.53 bits per heavy atom. The minimum atomic E-state index is 0.181. The van der Waals surface area contributed by atoms with E-state index in [4.69, 9.17) is 16.6 Å². The van der Waals surface area contributed by atoms with Crippen molar-refractivity contribution in [3.63, 3.8) is 0 Å². The number of nitrogens with zero attached hydrogens (tertiary/aromatic N) is 7. The summed E-state index contributed by atoms with van der Waals surface area (Å²) in [7, 11) is 0. The molecule has 2 N–H and O–H groups in total. The van der Waals surface area contributed by atoms with Gasteiger partial charge in [0.05, 0.1) is 12.1 Å². The van der Waals surface area contributed by atoms with Crippen LogP contribution in [0.4, 0.5) is 17.6 Å². The summed E-state index contributed by atoms with van der Waals surface area (Å²) in [4.78, 5) is 18.4. The molecule has 1 saturated heterocycles. The van der Waals surface area contributed by atoms with Crippen LogP contribution in [0.25, 0.3) is 22.2 Å². The van der Waals surface area contributed by atoms with E-state index in [-0.39, 0.29) is 6.61 Å². The van der Waals surface area contributed by atoms with Crippen molar-refractivity contribution in [2.24, 2.45) is 0 Å². The van der Waals surface area contributed by atoms with Crippen LogP contribution in [0.5, 0.6) is 0 Å². The van der Waals surface area contributed by atoms with E-state index in [0.717, 1.165) is 59.8 Å². The van der Waals surface area contributed by atoms with Crippen molar-refractivity contribution in [3.8, 4) is 11.1 Å². The second-order valence-electron chi connectivity index (χ2n) is 9.12. The quantitative estimate of drug-likeness (QED) is 0.404. The first-order valence-corrected chi connectivity index (χ1v) is 12.4. The number of nitrogens with one attached hydrogen (secondary N) is 1. The first-order chi connectivity index (χ1) is 17.4. The number of aromatic nitrogens is 5. The van der Waals surface area contributed by atoms with E-state index >= 15 is 0 Å². The van der Waals surface area contributed by atoms with E-state index in [9.17, 15) is 5.11 Å². The van der Waals surface area contributed by atoms with Gasteiger partial charge in [0.2, 0.25) is 5.95 Å². The average molecular weight is 505 g/mol. The number of aliphatic hydroxyl groups is 1. The summed E-state index contributed by atoms with van der Waals surface area (Å²) in [5.74, 6) is 2.52. The molecule has 36 heavy (non-hydrogen) atoms. The van der Waals surface area contributed by atoms with Gasteiger partial charge in [0.25, 0.3) is 0 Å². The third kappa shape index (κ3) is 5.23. The fourth-order valence-electron chi connectivity index (χ4n) is 4.52. The Balaban J connectivity index is 1.39. The van der Waals surface area contributed by atoms with Crippen LogP contribution >= 0.6 is 11.6 Å². The second-order valence-corrected chi connectivity index (χ2v) is 9.52. The lowest BCUT2D eigenvalue weighted by Crippen LogP contribution is -2.47. The number of hydrogen-bond acceptors (Lipinski definition) is 9. The van der Waals surface area contributed by atoms with Gasteiger partial charge in [-0.3, -0.25) is 4.90 Å². The molecule has 0 atom stereocenters. The molecule has 1 aliphatic rings. The molecule has 1 aliphatic heterocycles. The molecule has 10 heteroatoms. The Hall–Kier alpha value is -3.40. The number of hydrogen-bond donors (Lipinski definition) is 2. The molecule has 0 saturated carbocycles. The first kappa shape index (κ1) is 24.3. The zero-order valence-electron chi connectivity index (χ0n) is 20.7. The normalized spacial score (nSPS) is 14.4. The third-order valence-corrected chi connectivity index (χ3v) is 6.69. The van der Waals surface area contributed by atoms with Crippen molar-refractivity contribution in [1.29, 1.82) is 0 Å². The summed E-state index contributed by atoms with van der Waals surface area (Å²) in [5.41, 5.74) is 5.55. The maximum absolute atomic E-state index is 9.18. The summed E-state index contributed by atoms with van der Waals surface area (Å²) >= 11 is 6.46. The summed E-state index contributed by atoms with van der Waals surface area (Å²) in [5, 5.41) is 21.8. The first-order valence-electron chi connectivity index (χ1n) is 12.0. The fraction of sp³-hybridized carbons (Fsp3) is 0.346. The predicted molar refractivity (Wildman–Crippen MR) is 143 cm³/mol. The van der Waals surface area contributed by atoms with Gasteiger partial charge in [-0.2, -0.15) is 0 Å². The minimum absolute atomic E-state index is 0.181. The summed E-state index contributed by atoms with van der Waals surface area (Å²) in [6.07, 6.45) is 0. The second kappa shape index (κ2) is 10.3. The largest absolute Gasteiger partial charge is 0.395 e. The van der Waals surface area contributed by atoms with Gasteiger partial charge in [-0.1, -0.05) is 23.2 Å². The highest BCUT2D eigenvalue weighted by Crippen LogP contribution is 2.32. The molecule has 0 aliphatic carbocycles. The number of rotatable bonds is 6. The van der Waals surface area contributed by atoms with Crippen LogP contribution in [0.2, 0.25) is 5.02 Å². The molecule has 3 heterocycles. The van der Waals surface area contributed by atoms with Gasteiger partial charge >= 0.3 is 0 Å². The van der Waals surface area contributed by atoms with Gasteiger partial charge < -0.3 is 15.3 Å². The number of aliphatic hydroxyl groups excluding tert-OH is 1. The number of halogens is 1. The maximum atomic E-state index is 9.18. The van der Waals surface area contributed by atoms with Crippen molar-refractivity contribution in [2.45, 2.75) is 20.8 Å². The van der Waals surface area contributed by atoms with Gasteiger partial charge in [-0.05, 0) is 56.2 Å². The van der Waals surface area contributed by atoms with Crippen LogP contribution < -0.4 is 10.2 Å². The van der Waals surface area contributed by atoms with Crippen molar-refractivity contribution < 1.29 is 5.11 Å². The topological polar surface area (TPSA) is 103 Å². The molecule has 0 bridgehead atoms. The van der Waals surface area contributed by atoms with E-state index in [0.29, 0.717) is 34.7 Å². The molecule has 4 aromatic rings. The van der Waals surface area contributed by atoms with Crippen LogP contribution in [0.3, 0.4) is 0 Å². The Bertz CT molecular complexity index is 1400. The third-order valence-electron chi connectivity index (χ3n) is 6.36. The number of β-amino-alcohol motifs (C(OH)–C–C–N with tert-alkyl or cyclic N) is 1. The Kier molecular flexibility index (Phi) is 6.95. The summed E-state index contributed by atoms with van der Waals surface area (Å²) in [6.45, 7) is 10.3. The number of fused-ring (bicyclic) bond motifs is 1. The van der Waals surface area contributed by atoms with Crippen molar-refractivity contribution in [2.75, 3.05) is 49.5 Å². The molecule has 2 aromatic heterocycles. The number of piperazine rings is 1. The molecule has 0 spiro atoms. The van der Waals surface area contributed by atoms with E-state index in [2.05, 4.69) is 47.4 Å². The van der Waals surface area contributed by atoms with Gasteiger partial charge in [0.1, 0.15) is 23.0 Å². The molecular weight excluding hydrogens is 476 g/mol. The zero-order valence-corrected chi connectivity index (χ0v) is 21.4. The molecule has 0 unspecified atom stereocenters. The van der Waals surface area contributed by atoms with Crippen molar-refractivity contribution in [1.82, 2.24) is 30.0 Å². The van der Waals surface area contributed by atoms with E-state index in [1.165, 1.54) is 0 Å². The highest BCUT2D eigenvalue weighted by atomic mass is 35.5. The standard InChI is InChI=1S/C26H29ClN8O/c1-16-4-5-21(27)20(12-16)19-13-17(2)25-22(14-19)32-33-26(31-25)30-23-15-24(29-18(3)28-23)35-8-6-34(7-9-35)10-11-36/h4-5,12-15,36H,6-11H2,1-3H3,(H,28,29,30,31,33). The molecule has 0 radical (unpaired) electrons. The highest BCUT2D eigenvalue weighted by molar-refractivity contribution is 6.33. The highest BCUT2D eigenvalue weighted by Gasteiger charge is 2.19. The van der Waals surface area contributed by atoms with Crippen LogP contribution in [-0.4, -0.2) is 74.5 Å². The average Bonchev–Trinajstić information content (AvgIpc) is 2.86. The molecule has 0 amide bonds. The lowest BCUT2D eigenvalue weighted by atomic mass is 10.0.